The van der Waals surface area contributed by atoms with E-state index in [1.165, 1.54) is 11.3 Å². The molecular weight excluding hydrogens is 238 g/mol. The fraction of sp³-hybridized carbons (Fsp3) is 0.667. The van der Waals surface area contributed by atoms with E-state index in [0.29, 0.717) is 6.54 Å². The zero-order chi connectivity index (χ0) is 13.8. The maximum absolute atomic E-state index is 5.89. The van der Waals surface area contributed by atoms with Crippen molar-refractivity contribution in [2.24, 2.45) is 11.7 Å². The van der Waals surface area contributed by atoms with Crippen LogP contribution in [0.1, 0.15) is 29.8 Å². The van der Waals surface area contributed by atoms with Gasteiger partial charge in [0, 0.05) is 56.0 Å². The minimum atomic E-state index is 0.548. The predicted octanol–water partition coefficient (Wildman–Crippen LogP) is 2.02. The largest absolute Gasteiger partial charge is 0.381 e. The Morgan fingerprint density at radius 3 is 2.68 bits per heavy atom. The Morgan fingerprint density at radius 2 is 2.05 bits per heavy atom. The molecule has 1 aliphatic heterocycles. The molecule has 19 heavy (non-hydrogen) atoms. The van der Waals surface area contributed by atoms with Gasteiger partial charge in [-0.05, 0) is 38.7 Å². The summed E-state index contributed by atoms with van der Waals surface area (Å²) in [6.45, 7) is 7.50. The molecule has 1 aliphatic rings. The maximum atomic E-state index is 5.89. The van der Waals surface area contributed by atoms with Gasteiger partial charge in [-0.25, -0.2) is 0 Å². The second kappa shape index (κ2) is 6.35. The van der Waals surface area contributed by atoms with Crippen molar-refractivity contribution in [3.8, 4) is 0 Å². The van der Waals surface area contributed by atoms with Gasteiger partial charge < -0.3 is 15.4 Å². The molecule has 4 heteroatoms. The molecule has 0 bridgehead atoms. The van der Waals surface area contributed by atoms with Crippen molar-refractivity contribution in [1.29, 1.82) is 0 Å². The molecule has 0 aliphatic carbocycles. The molecule has 1 aromatic heterocycles. The van der Waals surface area contributed by atoms with Crippen molar-refractivity contribution in [3.05, 3.63) is 23.0 Å². The van der Waals surface area contributed by atoms with Crippen LogP contribution in [-0.2, 0) is 11.3 Å². The first kappa shape index (κ1) is 14.3. The van der Waals surface area contributed by atoms with Crippen molar-refractivity contribution in [2.75, 3.05) is 31.7 Å². The molecule has 4 nitrogen and oxygen atoms in total. The molecule has 2 N–H and O–H groups in total. The third kappa shape index (κ3) is 3.45. The lowest BCUT2D eigenvalue weighted by atomic mass is 9.99. The lowest BCUT2D eigenvalue weighted by Gasteiger charge is -2.30. The summed E-state index contributed by atoms with van der Waals surface area (Å²) in [5.41, 5.74) is 10.4. The Balaban J connectivity index is 2.15. The Bertz CT molecular complexity index is 428. The fourth-order valence-electron chi connectivity index (χ4n) is 2.84. The number of rotatable bonds is 4. The number of anilines is 1. The number of nitrogens with zero attached hydrogens (tertiary/aromatic N) is 2. The summed E-state index contributed by atoms with van der Waals surface area (Å²) in [6.07, 6.45) is 2.32. The first-order chi connectivity index (χ1) is 9.11. The Kier molecular flexibility index (Phi) is 4.77. The topological polar surface area (TPSA) is 51.4 Å². The molecule has 0 atom stereocenters. The van der Waals surface area contributed by atoms with Crippen LogP contribution in [0.25, 0.3) is 0 Å². The highest BCUT2D eigenvalue weighted by atomic mass is 16.5. The van der Waals surface area contributed by atoms with Gasteiger partial charge in [-0.3, -0.25) is 4.98 Å². The fourth-order valence-corrected chi connectivity index (χ4v) is 2.84. The van der Waals surface area contributed by atoms with Gasteiger partial charge in [-0.2, -0.15) is 0 Å². The smallest absolute Gasteiger partial charge is 0.0469 e. The monoisotopic (exact) mass is 263 g/mol. The third-order valence-electron chi connectivity index (χ3n) is 3.92. The zero-order valence-corrected chi connectivity index (χ0v) is 12.3. The van der Waals surface area contributed by atoms with E-state index in [9.17, 15) is 0 Å². The van der Waals surface area contributed by atoms with E-state index in [4.69, 9.17) is 10.5 Å². The molecule has 0 unspecified atom stereocenters. The summed E-state index contributed by atoms with van der Waals surface area (Å²) < 4.78 is 5.42. The van der Waals surface area contributed by atoms with Crippen molar-refractivity contribution in [3.63, 3.8) is 0 Å². The summed E-state index contributed by atoms with van der Waals surface area (Å²) in [7, 11) is 2.16. The summed E-state index contributed by atoms with van der Waals surface area (Å²) in [5.74, 6) is 0.721. The van der Waals surface area contributed by atoms with Gasteiger partial charge in [-0.1, -0.05) is 0 Å². The van der Waals surface area contributed by atoms with Gasteiger partial charge in [0.2, 0.25) is 0 Å². The van der Waals surface area contributed by atoms with Crippen LogP contribution in [0.3, 0.4) is 0 Å². The summed E-state index contributed by atoms with van der Waals surface area (Å²) >= 11 is 0. The molecule has 0 aromatic carbocycles. The molecule has 0 spiro atoms. The zero-order valence-electron chi connectivity index (χ0n) is 12.3. The van der Waals surface area contributed by atoms with Crippen molar-refractivity contribution >= 4 is 5.69 Å². The number of ether oxygens (including phenoxy) is 1. The normalized spacial score (nSPS) is 16.6. The first-order valence-corrected chi connectivity index (χ1v) is 7.08. The molecule has 0 saturated carbocycles. The van der Waals surface area contributed by atoms with Crippen LogP contribution in [0.2, 0.25) is 0 Å². The minimum Gasteiger partial charge on any atom is -0.381 e. The summed E-state index contributed by atoms with van der Waals surface area (Å²) in [6, 6.07) is 2.15. The van der Waals surface area contributed by atoms with Gasteiger partial charge in [0.05, 0.1) is 0 Å². The van der Waals surface area contributed by atoms with Crippen LogP contribution in [0.4, 0.5) is 5.69 Å². The number of pyridine rings is 1. The van der Waals surface area contributed by atoms with Crippen molar-refractivity contribution in [1.82, 2.24) is 4.98 Å². The third-order valence-corrected chi connectivity index (χ3v) is 3.92. The number of nitrogens with two attached hydrogens (primary N) is 1. The lowest BCUT2D eigenvalue weighted by molar-refractivity contribution is 0.0685. The average molecular weight is 263 g/mol. The van der Waals surface area contributed by atoms with Crippen molar-refractivity contribution < 1.29 is 4.74 Å². The number of hydrogen-bond acceptors (Lipinski definition) is 4. The number of aryl methyl sites for hydroxylation is 2. The van der Waals surface area contributed by atoms with E-state index in [1.807, 2.05) is 13.8 Å². The highest BCUT2D eigenvalue weighted by Crippen LogP contribution is 2.25. The van der Waals surface area contributed by atoms with E-state index in [-0.39, 0.29) is 0 Å². The van der Waals surface area contributed by atoms with Crippen LogP contribution in [0.15, 0.2) is 6.07 Å². The van der Waals surface area contributed by atoms with Gasteiger partial charge in [0.15, 0.2) is 0 Å². The summed E-state index contributed by atoms with van der Waals surface area (Å²) in [5, 5.41) is 0. The van der Waals surface area contributed by atoms with E-state index in [1.54, 1.807) is 0 Å². The summed E-state index contributed by atoms with van der Waals surface area (Å²) in [4.78, 5) is 6.84. The molecule has 1 aromatic rings. The van der Waals surface area contributed by atoms with Gasteiger partial charge in [0.25, 0.3) is 0 Å². The SMILES string of the molecule is Cc1cc(N(C)CC2CCOCC2)c(CN)c(C)n1. The molecular formula is C15H25N3O. The molecule has 0 radical (unpaired) electrons. The minimum absolute atomic E-state index is 0.548. The molecule has 0 amide bonds. The van der Waals surface area contributed by atoms with E-state index in [0.717, 1.165) is 49.9 Å². The number of aromatic nitrogens is 1. The molecule has 1 saturated heterocycles. The Hall–Kier alpha value is -1.13. The van der Waals surface area contributed by atoms with E-state index in [2.05, 4.69) is 23.0 Å². The predicted molar refractivity (Wildman–Crippen MR) is 78.4 cm³/mol. The molecule has 2 heterocycles. The van der Waals surface area contributed by atoms with Gasteiger partial charge in [-0.15, -0.1) is 0 Å². The van der Waals surface area contributed by atoms with Crippen molar-refractivity contribution in [2.45, 2.75) is 33.2 Å². The molecule has 2 rings (SSSR count). The second-order valence-electron chi connectivity index (χ2n) is 5.49. The van der Waals surface area contributed by atoms with Crippen LogP contribution in [0.5, 0.6) is 0 Å². The van der Waals surface area contributed by atoms with Crippen LogP contribution in [-0.4, -0.2) is 31.8 Å². The van der Waals surface area contributed by atoms with Gasteiger partial charge >= 0.3 is 0 Å². The van der Waals surface area contributed by atoms with Crippen LogP contribution < -0.4 is 10.6 Å². The standard InChI is InChI=1S/C15H25N3O/c1-11-8-15(14(9-16)12(2)17-11)18(3)10-13-4-6-19-7-5-13/h8,13H,4-7,9-10,16H2,1-3H3. The average Bonchev–Trinajstić information content (AvgIpc) is 2.39. The van der Waals surface area contributed by atoms with E-state index >= 15 is 0 Å². The second-order valence-corrected chi connectivity index (χ2v) is 5.49. The first-order valence-electron chi connectivity index (χ1n) is 7.08. The molecule has 106 valence electrons. The highest BCUT2D eigenvalue weighted by molar-refractivity contribution is 5.55. The number of hydrogen-bond donors (Lipinski definition) is 1. The quantitative estimate of drug-likeness (QED) is 0.903. The van der Waals surface area contributed by atoms with E-state index < -0.39 is 0 Å². The van der Waals surface area contributed by atoms with Gasteiger partial charge in [0.1, 0.15) is 0 Å². The van der Waals surface area contributed by atoms with Crippen LogP contribution >= 0.6 is 0 Å². The Labute approximate surface area is 116 Å². The Morgan fingerprint density at radius 1 is 1.37 bits per heavy atom. The molecule has 1 fully saturated rings. The highest BCUT2D eigenvalue weighted by Gasteiger charge is 2.18. The maximum Gasteiger partial charge on any atom is 0.0469 e. The lowest BCUT2D eigenvalue weighted by Crippen LogP contribution is -2.30. The van der Waals surface area contributed by atoms with Crippen LogP contribution in [0, 0.1) is 19.8 Å².